The molecule has 7 heteroatoms. The van der Waals surface area contributed by atoms with E-state index in [-0.39, 0.29) is 18.1 Å². The normalized spacial score (nSPS) is 27.3. The fourth-order valence-electron chi connectivity index (χ4n) is 3.31. The number of carbonyl (C=O) groups is 1. The van der Waals surface area contributed by atoms with Crippen LogP contribution in [0.15, 0.2) is 0 Å². The predicted octanol–water partition coefficient (Wildman–Crippen LogP) is 2.54. The second-order valence-corrected chi connectivity index (χ2v) is 7.41. The lowest BCUT2D eigenvalue weighted by Crippen LogP contribution is -2.71. The van der Waals surface area contributed by atoms with Crippen molar-refractivity contribution in [2.24, 2.45) is 0 Å². The van der Waals surface area contributed by atoms with Gasteiger partial charge in [-0.25, -0.2) is 0 Å². The Morgan fingerprint density at radius 3 is 2.11 bits per heavy atom. The zero-order valence-electron chi connectivity index (χ0n) is 18.0. The molecular weight excluding hydrogens is 358 g/mol. The van der Waals surface area contributed by atoms with Crippen molar-refractivity contribution in [2.75, 3.05) is 26.4 Å². The van der Waals surface area contributed by atoms with E-state index in [1.165, 1.54) is 6.92 Å². The molecule has 7 nitrogen and oxygen atoms in total. The lowest BCUT2D eigenvalue weighted by molar-refractivity contribution is -0.140. The van der Waals surface area contributed by atoms with Crippen LogP contribution in [-0.2, 0) is 19.0 Å². The molecular formula is C21H39N3O4. The number of nitrogens with one attached hydrogen (secondary N) is 2. The molecule has 0 saturated carbocycles. The lowest BCUT2D eigenvalue weighted by Gasteiger charge is -2.45. The highest BCUT2D eigenvalue weighted by Crippen LogP contribution is 2.23. The van der Waals surface area contributed by atoms with Crippen LogP contribution in [0.2, 0.25) is 0 Å². The summed E-state index contributed by atoms with van der Waals surface area (Å²) in [5.74, 6) is -0.180. The number of hydrogen-bond donors (Lipinski definition) is 2. The Bertz CT molecular complexity index is 469. The Morgan fingerprint density at radius 2 is 1.57 bits per heavy atom. The Hall–Kier alpha value is -1.20. The van der Waals surface area contributed by atoms with E-state index in [4.69, 9.17) is 14.2 Å². The van der Waals surface area contributed by atoms with Crippen molar-refractivity contribution in [2.45, 2.75) is 96.6 Å². The first-order chi connectivity index (χ1) is 13.6. The molecule has 5 atom stereocenters. The molecule has 0 aliphatic carbocycles. The van der Waals surface area contributed by atoms with Gasteiger partial charge in [0, 0.05) is 26.7 Å². The standard InChI is InChI=1S/C21H39N3O4/c1-5-8-11-26-15-18-20(27-12-9-6-2)21(28-13-10-7-3)19(23-16(4)25)17(14-22)24-18/h17-21,24H,5-13,15H2,1-4H3,(H,23,25)/t17-,18+,19-,20+,21+/m0/s1. The number of nitriles is 1. The Kier molecular flexibility index (Phi) is 13.1. The highest BCUT2D eigenvalue weighted by Gasteiger charge is 2.46. The van der Waals surface area contributed by atoms with Crippen LogP contribution in [0, 0.1) is 11.3 Å². The fourth-order valence-corrected chi connectivity index (χ4v) is 3.31. The van der Waals surface area contributed by atoms with Gasteiger partial charge in [0.15, 0.2) is 0 Å². The molecule has 1 rings (SSSR count). The first-order valence-electron chi connectivity index (χ1n) is 10.8. The minimum atomic E-state index is -0.554. The van der Waals surface area contributed by atoms with Crippen molar-refractivity contribution < 1.29 is 19.0 Å². The van der Waals surface area contributed by atoms with Gasteiger partial charge in [-0.3, -0.25) is 10.1 Å². The molecule has 0 aromatic carbocycles. The maximum absolute atomic E-state index is 11.8. The third-order valence-corrected chi connectivity index (χ3v) is 4.89. The maximum atomic E-state index is 11.8. The third-order valence-electron chi connectivity index (χ3n) is 4.89. The minimum Gasteiger partial charge on any atom is -0.380 e. The van der Waals surface area contributed by atoms with Crippen molar-refractivity contribution in [1.82, 2.24) is 10.6 Å². The summed E-state index contributed by atoms with van der Waals surface area (Å²) in [6.07, 6.45) is 5.33. The molecule has 0 aromatic rings. The van der Waals surface area contributed by atoms with Crippen LogP contribution in [0.1, 0.15) is 66.2 Å². The predicted molar refractivity (Wildman–Crippen MR) is 109 cm³/mol. The van der Waals surface area contributed by atoms with E-state index < -0.39 is 18.2 Å². The van der Waals surface area contributed by atoms with Gasteiger partial charge in [0.2, 0.25) is 5.91 Å². The van der Waals surface area contributed by atoms with Gasteiger partial charge < -0.3 is 19.5 Å². The number of unbranched alkanes of at least 4 members (excludes halogenated alkanes) is 3. The molecule has 1 aliphatic heterocycles. The van der Waals surface area contributed by atoms with E-state index in [1.807, 2.05) is 0 Å². The number of amides is 1. The fraction of sp³-hybridized carbons (Fsp3) is 0.905. The highest BCUT2D eigenvalue weighted by atomic mass is 16.5. The summed E-state index contributed by atoms with van der Waals surface area (Å²) in [5.41, 5.74) is 0. The molecule has 0 bridgehead atoms. The van der Waals surface area contributed by atoms with Crippen molar-refractivity contribution in [1.29, 1.82) is 5.26 Å². The summed E-state index contributed by atoms with van der Waals surface area (Å²) in [6, 6.07) is 1.11. The van der Waals surface area contributed by atoms with Crippen LogP contribution in [0.4, 0.5) is 0 Å². The molecule has 1 saturated heterocycles. The van der Waals surface area contributed by atoms with Crippen LogP contribution >= 0.6 is 0 Å². The first-order valence-corrected chi connectivity index (χ1v) is 10.8. The van der Waals surface area contributed by atoms with Crippen LogP contribution in [-0.4, -0.2) is 62.7 Å². The molecule has 0 unspecified atom stereocenters. The number of nitrogens with zero attached hydrogens (tertiary/aromatic N) is 1. The number of carbonyl (C=O) groups excluding carboxylic acids is 1. The molecule has 28 heavy (non-hydrogen) atoms. The van der Waals surface area contributed by atoms with Gasteiger partial charge in [-0.05, 0) is 19.3 Å². The van der Waals surface area contributed by atoms with Crippen molar-refractivity contribution in [3.05, 3.63) is 0 Å². The molecule has 1 heterocycles. The quantitative estimate of drug-likeness (QED) is 0.438. The second kappa shape index (κ2) is 14.7. The summed E-state index contributed by atoms with van der Waals surface area (Å²) in [7, 11) is 0. The van der Waals surface area contributed by atoms with Gasteiger partial charge in [-0.2, -0.15) is 5.26 Å². The molecule has 0 spiro atoms. The van der Waals surface area contributed by atoms with Crippen molar-refractivity contribution in [3.63, 3.8) is 0 Å². The Labute approximate surface area is 170 Å². The zero-order chi connectivity index (χ0) is 20.8. The van der Waals surface area contributed by atoms with Crippen molar-refractivity contribution in [3.8, 4) is 6.07 Å². The first kappa shape index (κ1) is 24.8. The van der Waals surface area contributed by atoms with Crippen LogP contribution in [0.25, 0.3) is 0 Å². The average molecular weight is 398 g/mol. The molecule has 1 aliphatic rings. The smallest absolute Gasteiger partial charge is 0.217 e. The third kappa shape index (κ3) is 8.44. The summed E-state index contributed by atoms with van der Waals surface area (Å²) in [5, 5.41) is 15.9. The van der Waals surface area contributed by atoms with Crippen LogP contribution < -0.4 is 10.6 Å². The monoisotopic (exact) mass is 397 g/mol. The molecule has 2 N–H and O–H groups in total. The van der Waals surface area contributed by atoms with Crippen LogP contribution in [0.5, 0.6) is 0 Å². The van der Waals surface area contributed by atoms with E-state index in [0.717, 1.165) is 38.5 Å². The van der Waals surface area contributed by atoms with Gasteiger partial charge in [0.25, 0.3) is 0 Å². The molecule has 1 fully saturated rings. The van der Waals surface area contributed by atoms with Crippen molar-refractivity contribution >= 4 is 5.91 Å². The molecule has 1 amide bonds. The minimum absolute atomic E-state index is 0.157. The summed E-state index contributed by atoms with van der Waals surface area (Å²) < 4.78 is 18.2. The average Bonchev–Trinajstić information content (AvgIpc) is 2.67. The van der Waals surface area contributed by atoms with E-state index in [2.05, 4.69) is 37.5 Å². The lowest BCUT2D eigenvalue weighted by atomic mass is 9.88. The van der Waals surface area contributed by atoms with Gasteiger partial charge in [-0.1, -0.05) is 40.0 Å². The van der Waals surface area contributed by atoms with Gasteiger partial charge in [0.1, 0.15) is 18.2 Å². The number of rotatable bonds is 14. The largest absolute Gasteiger partial charge is 0.380 e. The number of piperidine rings is 1. The Balaban J connectivity index is 2.99. The summed E-state index contributed by atoms with van der Waals surface area (Å²) in [4.78, 5) is 11.8. The zero-order valence-corrected chi connectivity index (χ0v) is 18.0. The van der Waals surface area contributed by atoms with E-state index in [9.17, 15) is 10.1 Å². The molecule has 162 valence electrons. The summed E-state index contributed by atoms with van der Waals surface area (Å²) >= 11 is 0. The van der Waals surface area contributed by atoms with E-state index >= 15 is 0 Å². The Morgan fingerprint density at radius 1 is 1.00 bits per heavy atom. The van der Waals surface area contributed by atoms with Gasteiger partial charge >= 0.3 is 0 Å². The number of ether oxygens (including phenoxy) is 3. The number of hydrogen-bond acceptors (Lipinski definition) is 6. The topological polar surface area (TPSA) is 92.6 Å². The van der Waals surface area contributed by atoms with E-state index in [0.29, 0.717) is 26.4 Å². The van der Waals surface area contributed by atoms with Gasteiger partial charge in [0.05, 0.1) is 24.8 Å². The van der Waals surface area contributed by atoms with Gasteiger partial charge in [-0.15, -0.1) is 0 Å². The maximum Gasteiger partial charge on any atom is 0.217 e. The second-order valence-electron chi connectivity index (χ2n) is 7.41. The van der Waals surface area contributed by atoms with E-state index in [1.54, 1.807) is 0 Å². The SMILES string of the molecule is CCCCOC[C@H]1N[C@@H](C#N)[C@H](NC(C)=O)[C@@H](OCCCC)[C@@H]1OCCCC. The summed E-state index contributed by atoms with van der Waals surface area (Å²) in [6.45, 7) is 10.1. The highest BCUT2D eigenvalue weighted by molar-refractivity contribution is 5.73. The molecule has 0 aromatic heterocycles. The van der Waals surface area contributed by atoms with Crippen LogP contribution in [0.3, 0.4) is 0 Å². The molecule has 0 radical (unpaired) electrons.